The number of carbonyl (C=O) groups excluding carboxylic acids is 1. The van der Waals surface area contributed by atoms with E-state index in [1.165, 1.54) is 30.3 Å². The first-order valence-electron chi connectivity index (χ1n) is 8.92. The highest BCUT2D eigenvalue weighted by Crippen LogP contribution is 2.19. The van der Waals surface area contributed by atoms with Crippen molar-refractivity contribution in [3.8, 4) is 0 Å². The Morgan fingerprint density at radius 2 is 1.73 bits per heavy atom. The SMILES string of the molecule is Cc1cc(NS(=O)(=O)c2ccc(NC(=O)C=Cc3ccccc3Cl)cc2)nc(C)n1. The maximum atomic E-state index is 12.6. The number of rotatable bonds is 6. The largest absolute Gasteiger partial charge is 0.323 e. The maximum absolute atomic E-state index is 12.6. The van der Waals surface area contributed by atoms with Gasteiger partial charge in [0.05, 0.1) is 4.90 Å². The fraction of sp³-hybridized carbons (Fsp3) is 0.0952. The third-order valence-electron chi connectivity index (χ3n) is 3.96. The van der Waals surface area contributed by atoms with Crippen LogP contribution in [0.15, 0.2) is 65.6 Å². The smallest absolute Gasteiger partial charge is 0.263 e. The van der Waals surface area contributed by atoms with Gasteiger partial charge in [-0.25, -0.2) is 18.4 Å². The lowest BCUT2D eigenvalue weighted by Gasteiger charge is -2.09. The Morgan fingerprint density at radius 3 is 2.40 bits per heavy atom. The monoisotopic (exact) mass is 442 g/mol. The van der Waals surface area contributed by atoms with Crippen LogP contribution in [0.25, 0.3) is 6.08 Å². The van der Waals surface area contributed by atoms with Crippen LogP contribution in [0.1, 0.15) is 17.1 Å². The third kappa shape index (κ3) is 5.65. The second-order valence-electron chi connectivity index (χ2n) is 6.42. The number of carbonyl (C=O) groups is 1. The molecular formula is C21H19ClN4O3S. The van der Waals surface area contributed by atoms with E-state index in [9.17, 15) is 13.2 Å². The molecule has 0 aliphatic carbocycles. The zero-order chi connectivity index (χ0) is 21.7. The Labute approximate surface area is 179 Å². The highest BCUT2D eigenvalue weighted by atomic mass is 35.5. The number of benzene rings is 2. The number of anilines is 2. The fourth-order valence-corrected chi connectivity index (χ4v) is 3.83. The minimum Gasteiger partial charge on any atom is -0.323 e. The molecule has 0 saturated carbocycles. The van der Waals surface area contributed by atoms with Gasteiger partial charge >= 0.3 is 0 Å². The number of aromatic nitrogens is 2. The van der Waals surface area contributed by atoms with Crippen LogP contribution in [-0.4, -0.2) is 24.3 Å². The van der Waals surface area contributed by atoms with Crippen molar-refractivity contribution in [1.82, 2.24) is 9.97 Å². The van der Waals surface area contributed by atoms with Crippen molar-refractivity contribution in [2.75, 3.05) is 10.0 Å². The molecule has 0 atom stereocenters. The molecule has 1 heterocycles. The molecule has 0 bridgehead atoms. The summed E-state index contributed by atoms with van der Waals surface area (Å²) in [5, 5.41) is 3.21. The van der Waals surface area contributed by atoms with E-state index in [1.54, 1.807) is 44.2 Å². The molecule has 0 aliphatic rings. The van der Waals surface area contributed by atoms with Gasteiger partial charge < -0.3 is 5.32 Å². The van der Waals surface area contributed by atoms with E-state index < -0.39 is 10.0 Å². The Bertz CT molecular complexity index is 1190. The van der Waals surface area contributed by atoms with Gasteiger partial charge in [-0.3, -0.25) is 9.52 Å². The second-order valence-corrected chi connectivity index (χ2v) is 8.51. The number of aryl methyl sites for hydroxylation is 2. The van der Waals surface area contributed by atoms with Gasteiger partial charge in [-0.1, -0.05) is 29.8 Å². The summed E-state index contributed by atoms with van der Waals surface area (Å²) in [6.45, 7) is 3.44. The van der Waals surface area contributed by atoms with E-state index in [-0.39, 0.29) is 16.6 Å². The third-order valence-corrected chi connectivity index (χ3v) is 5.67. The van der Waals surface area contributed by atoms with Crippen LogP contribution in [-0.2, 0) is 14.8 Å². The molecule has 0 aliphatic heterocycles. The van der Waals surface area contributed by atoms with Crippen LogP contribution >= 0.6 is 11.6 Å². The summed E-state index contributed by atoms with van der Waals surface area (Å²) in [5.74, 6) is 0.299. The minimum absolute atomic E-state index is 0.0426. The molecule has 154 valence electrons. The number of halogens is 1. The van der Waals surface area contributed by atoms with E-state index in [0.717, 1.165) is 5.56 Å². The van der Waals surface area contributed by atoms with E-state index in [4.69, 9.17) is 11.6 Å². The zero-order valence-corrected chi connectivity index (χ0v) is 17.8. The number of hydrogen-bond acceptors (Lipinski definition) is 5. The standard InChI is InChI=1S/C21H19ClN4O3S/c1-14-13-20(24-15(2)23-14)26-30(28,29)18-10-8-17(9-11-18)25-21(27)12-7-16-5-3-4-6-19(16)22/h3-13H,1-2H3,(H,25,27)(H,23,24,26). The molecule has 3 rings (SSSR count). The summed E-state index contributed by atoms with van der Waals surface area (Å²) in [5.41, 5.74) is 1.83. The highest BCUT2D eigenvalue weighted by Gasteiger charge is 2.15. The Hall–Kier alpha value is -3.23. The lowest BCUT2D eigenvalue weighted by molar-refractivity contribution is -0.111. The molecule has 0 spiro atoms. The maximum Gasteiger partial charge on any atom is 0.263 e. The van der Waals surface area contributed by atoms with Gasteiger partial charge in [0.1, 0.15) is 11.6 Å². The summed E-state index contributed by atoms with van der Waals surface area (Å²) >= 11 is 6.05. The predicted molar refractivity (Wildman–Crippen MR) is 118 cm³/mol. The molecule has 7 nitrogen and oxygen atoms in total. The van der Waals surface area contributed by atoms with E-state index in [1.807, 2.05) is 6.07 Å². The van der Waals surface area contributed by atoms with Crippen molar-refractivity contribution in [2.45, 2.75) is 18.7 Å². The molecule has 2 aromatic carbocycles. The number of hydrogen-bond donors (Lipinski definition) is 2. The van der Waals surface area contributed by atoms with Crippen LogP contribution in [0, 0.1) is 13.8 Å². The Kier molecular flexibility index (Phi) is 6.49. The van der Waals surface area contributed by atoms with Crippen molar-refractivity contribution in [2.24, 2.45) is 0 Å². The normalized spacial score (nSPS) is 11.4. The Morgan fingerprint density at radius 1 is 1.03 bits per heavy atom. The van der Waals surface area contributed by atoms with E-state index >= 15 is 0 Å². The molecular weight excluding hydrogens is 424 g/mol. The van der Waals surface area contributed by atoms with Crippen LogP contribution in [0.4, 0.5) is 11.5 Å². The highest BCUT2D eigenvalue weighted by molar-refractivity contribution is 7.92. The lowest BCUT2D eigenvalue weighted by atomic mass is 10.2. The number of nitrogens with one attached hydrogen (secondary N) is 2. The van der Waals surface area contributed by atoms with Gasteiger partial charge in [0.25, 0.3) is 10.0 Å². The van der Waals surface area contributed by atoms with Gasteiger partial charge in [0, 0.05) is 28.5 Å². The van der Waals surface area contributed by atoms with Crippen LogP contribution in [0.2, 0.25) is 5.02 Å². The van der Waals surface area contributed by atoms with Crippen LogP contribution < -0.4 is 10.0 Å². The molecule has 30 heavy (non-hydrogen) atoms. The lowest BCUT2D eigenvalue weighted by Crippen LogP contribution is -2.15. The summed E-state index contributed by atoms with van der Waals surface area (Å²) in [4.78, 5) is 20.3. The van der Waals surface area contributed by atoms with E-state index in [0.29, 0.717) is 22.2 Å². The number of amides is 1. The first-order chi connectivity index (χ1) is 14.2. The second kappa shape index (κ2) is 9.06. The van der Waals surface area contributed by atoms with Gasteiger partial charge in [-0.15, -0.1) is 0 Å². The van der Waals surface area contributed by atoms with Crippen molar-refractivity contribution in [3.05, 3.63) is 82.8 Å². The van der Waals surface area contributed by atoms with Crippen molar-refractivity contribution < 1.29 is 13.2 Å². The van der Waals surface area contributed by atoms with Gasteiger partial charge in [-0.2, -0.15) is 0 Å². The van der Waals surface area contributed by atoms with Crippen LogP contribution in [0.5, 0.6) is 0 Å². The number of nitrogens with zero attached hydrogens (tertiary/aromatic N) is 2. The molecule has 0 saturated heterocycles. The van der Waals surface area contributed by atoms with Gasteiger partial charge in [0.15, 0.2) is 0 Å². The summed E-state index contributed by atoms with van der Waals surface area (Å²) in [7, 11) is -3.82. The first-order valence-corrected chi connectivity index (χ1v) is 10.8. The topological polar surface area (TPSA) is 101 Å². The summed E-state index contributed by atoms with van der Waals surface area (Å²) < 4.78 is 27.6. The fourth-order valence-electron chi connectivity index (χ4n) is 2.64. The average Bonchev–Trinajstić information content (AvgIpc) is 2.66. The molecule has 9 heteroatoms. The first kappa shape index (κ1) is 21.5. The van der Waals surface area contributed by atoms with Gasteiger partial charge in [0.2, 0.25) is 5.91 Å². The van der Waals surface area contributed by atoms with Crippen LogP contribution in [0.3, 0.4) is 0 Å². The molecule has 0 unspecified atom stereocenters. The van der Waals surface area contributed by atoms with Crippen molar-refractivity contribution >= 4 is 45.1 Å². The quantitative estimate of drug-likeness (QED) is 0.557. The summed E-state index contributed by atoms with van der Waals surface area (Å²) in [6.07, 6.45) is 2.96. The van der Waals surface area contributed by atoms with Crippen molar-refractivity contribution in [1.29, 1.82) is 0 Å². The van der Waals surface area contributed by atoms with E-state index in [2.05, 4.69) is 20.0 Å². The van der Waals surface area contributed by atoms with Crippen molar-refractivity contribution in [3.63, 3.8) is 0 Å². The average molecular weight is 443 g/mol. The molecule has 1 aromatic heterocycles. The Balaban J connectivity index is 1.68. The molecule has 0 radical (unpaired) electrons. The molecule has 3 aromatic rings. The zero-order valence-electron chi connectivity index (χ0n) is 16.3. The minimum atomic E-state index is -3.82. The molecule has 1 amide bonds. The predicted octanol–water partition coefficient (Wildman–Crippen LogP) is 4.20. The molecule has 0 fully saturated rings. The van der Waals surface area contributed by atoms with Gasteiger partial charge in [-0.05, 0) is 55.8 Å². The summed E-state index contributed by atoms with van der Waals surface area (Å²) in [6, 6.07) is 14.5. The number of sulfonamides is 1. The molecule has 2 N–H and O–H groups in total.